The van der Waals surface area contributed by atoms with Gasteiger partial charge in [-0.3, -0.25) is 4.79 Å². The quantitative estimate of drug-likeness (QED) is 0.556. The summed E-state index contributed by atoms with van der Waals surface area (Å²) in [6.45, 7) is 2.12. The molecular formula is C7H11NO4. The number of nitrogens with zero attached hydrogens (tertiary/aromatic N) is 1. The number of carbonyl (C=O) groups is 2. The van der Waals surface area contributed by atoms with E-state index in [1.165, 1.54) is 11.8 Å². The van der Waals surface area contributed by atoms with Crippen molar-refractivity contribution in [3.8, 4) is 0 Å². The Bertz CT molecular complexity index is 209. The molecule has 1 saturated heterocycles. The van der Waals surface area contributed by atoms with Gasteiger partial charge in [-0.25, -0.2) is 4.79 Å². The van der Waals surface area contributed by atoms with Crippen LogP contribution >= 0.6 is 0 Å². The summed E-state index contributed by atoms with van der Waals surface area (Å²) in [6.07, 6.45) is -1.33. The van der Waals surface area contributed by atoms with Crippen molar-refractivity contribution in [1.29, 1.82) is 0 Å². The lowest BCUT2D eigenvalue weighted by Gasteiger charge is -2.39. The van der Waals surface area contributed by atoms with Crippen LogP contribution in [0.25, 0.3) is 0 Å². The first-order chi connectivity index (χ1) is 5.52. The molecule has 1 amide bonds. The van der Waals surface area contributed by atoms with Gasteiger partial charge in [0.25, 0.3) is 0 Å². The van der Waals surface area contributed by atoms with Crippen molar-refractivity contribution in [1.82, 2.24) is 4.90 Å². The Balaban J connectivity index is 2.34. The number of carboxylic acid groups (broad SMARTS) is 1. The summed E-state index contributed by atoms with van der Waals surface area (Å²) >= 11 is 0. The van der Waals surface area contributed by atoms with Crippen LogP contribution in [0.2, 0.25) is 0 Å². The zero-order valence-corrected chi connectivity index (χ0v) is 6.73. The molecule has 1 rings (SSSR count). The van der Waals surface area contributed by atoms with Crippen LogP contribution in [0, 0.1) is 5.92 Å². The number of hydrogen-bond donors (Lipinski definition) is 2. The monoisotopic (exact) mass is 173 g/mol. The fourth-order valence-electron chi connectivity index (χ4n) is 1.17. The number of rotatable bonds is 2. The van der Waals surface area contributed by atoms with Crippen LogP contribution in [0.5, 0.6) is 0 Å². The molecule has 5 heteroatoms. The second-order valence-corrected chi connectivity index (χ2v) is 2.97. The molecule has 0 bridgehead atoms. The summed E-state index contributed by atoms with van der Waals surface area (Å²) in [5.74, 6) is -1.60. The third-order valence-electron chi connectivity index (χ3n) is 2.05. The SMILES string of the molecule is CC(=O)N1CC(C(O)C(=O)O)C1. The van der Waals surface area contributed by atoms with Crippen LogP contribution in [0.3, 0.4) is 0 Å². The normalized spacial score (nSPS) is 20.0. The van der Waals surface area contributed by atoms with Crippen molar-refractivity contribution in [3.05, 3.63) is 0 Å². The molecule has 1 aliphatic heterocycles. The van der Waals surface area contributed by atoms with Crippen LogP contribution in [0.15, 0.2) is 0 Å². The van der Waals surface area contributed by atoms with Gasteiger partial charge in [0.2, 0.25) is 5.91 Å². The Morgan fingerprint density at radius 1 is 1.50 bits per heavy atom. The maximum atomic E-state index is 10.7. The number of aliphatic hydroxyl groups is 1. The first kappa shape index (κ1) is 8.99. The highest BCUT2D eigenvalue weighted by molar-refractivity contribution is 5.76. The molecule has 1 heterocycles. The summed E-state index contributed by atoms with van der Waals surface area (Å²) in [6, 6.07) is 0. The molecule has 68 valence electrons. The maximum Gasteiger partial charge on any atom is 0.332 e. The van der Waals surface area contributed by atoms with Gasteiger partial charge in [0.1, 0.15) is 0 Å². The molecule has 1 atom stereocenters. The average Bonchev–Trinajstić information content (AvgIpc) is 1.82. The molecular weight excluding hydrogens is 162 g/mol. The number of amides is 1. The Morgan fingerprint density at radius 2 is 2.00 bits per heavy atom. The highest BCUT2D eigenvalue weighted by Gasteiger charge is 2.37. The van der Waals surface area contributed by atoms with E-state index in [0.29, 0.717) is 13.1 Å². The topological polar surface area (TPSA) is 77.8 Å². The molecule has 2 N–H and O–H groups in total. The highest BCUT2D eigenvalue weighted by Crippen LogP contribution is 2.19. The van der Waals surface area contributed by atoms with Gasteiger partial charge in [-0.05, 0) is 0 Å². The minimum Gasteiger partial charge on any atom is -0.479 e. The Labute approximate surface area is 69.6 Å². The van der Waals surface area contributed by atoms with E-state index in [9.17, 15) is 9.59 Å². The number of likely N-dealkylation sites (tertiary alicyclic amines) is 1. The highest BCUT2D eigenvalue weighted by atomic mass is 16.4. The summed E-state index contributed by atoms with van der Waals surface area (Å²) in [5, 5.41) is 17.4. The van der Waals surface area contributed by atoms with Crippen LogP contribution in [-0.4, -0.2) is 46.2 Å². The summed E-state index contributed by atoms with van der Waals surface area (Å²) in [5.41, 5.74) is 0. The molecule has 0 aromatic carbocycles. The maximum absolute atomic E-state index is 10.7. The number of aliphatic hydroxyl groups excluding tert-OH is 1. The molecule has 12 heavy (non-hydrogen) atoms. The van der Waals surface area contributed by atoms with Crippen LogP contribution in [0.1, 0.15) is 6.92 Å². The van der Waals surface area contributed by atoms with Gasteiger partial charge in [-0.2, -0.15) is 0 Å². The standard InChI is InChI=1S/C7H11NO4/c1-4(9)8-2-5(3-8)6(10)7(11)12/h5-6,10H,2-3H2,1H3,(H,11,12). The molecule has 0 aromatic rings. The van der Waals surface area contributed by atoms with E-state index in [2.05, 4.69) is 0 Å². The van der Waals surface area contributed by atoms with E-state index in [4.69, 9.17) is 10.2 Å². The molecule has 1 fully saturated rings. The Hall–Kier alpha value is -1.10. The minimum absolute atomic E-state index is 0.0798. The van der Waals surface area contributed by atoms with E-state index < -0.39 is 12.1 Å². The van der Waals surface area contributed by atoms with Gasteiger partial charge in [-0.1, -0.05) is 0 Å². The summed E-state index contributed by atoms with van der Waals surface area (Å²) in [7, 11) is 0. The van der Waals surface area contributed by atoms with Crippen LogP contribution in [-0.2, 0) is 9.59 Å². The van der Waals surface area contributed by atoms with E-state index >= 15 is 0 Å². The molecule has 0 spiro atoms. The van der Waals surface area contributed by atoms with Gasteiger partial charge < -0.3 is 15.1 Å². The summed E-state index contributed by atoms with van der Waals surface area (Å²) < 4.78 is 0. The predicted molar refractivity (Wildman–Crippen MR) is 39.4 cm³/mol. The van der Waals surface area contributed by atoms with Crippen molar-refractivity contribution >= 4 is 11.9 Å². The Morgan fingerprint density at radius 3 is 2.33 bits per heavy atom. The largest absolute Gasteiger partial charge is 0.479 e. The third-order valence-corrected chi connectivity index (χ3v) is 2.05. The predicted octanol–water partition coefficient (Wildman–Crippen LogP) is -1.09. The molecule has 5 nitrogen and oxygen atoms in total. The average molecular weight is 173 g/mol. The first-order valence-corrected chi connectivity index (χ1v) is 3.68. The first-order valence-electron chi connectivity index (χ1n) is 3.68. The number of aliphatic carboxylic acids is 1. The fourth-order valence-corrected chi connectivity index (χ4v) is 1.17. The second kappa shape index (κ2) is 3.10. The smallest absolute Gasteiger partial charge is 0.332 e. The summed E-state index contributed by atoms with van der Waals surface area (Å²) in [4.78, 5) is 22.4. The Kier molecular flexibility index (Phi) is 2.32. The lowest BCUT2D eigenvalue weighted by Crippen LogP contribution is -2.55. The van der Waals surface area contributed by atoms with E-state index in [0.717, 1.165) is 0 Å². The van der Waals surface area contributed by atoms with Crippen molar-refractivity contribution in [2.24, 2.45) is 5.92 Å². The molecule has 0 saturated carbocycles. The van der Waals surface area contributed by atoms with Gasteiger partial charge >= 0.3 is 5.97 Å². The number of carbonyl (C=O) groups excluding carboxylic acids is 1. The van der Waals surface area contributed by atoms with Crippen LogP contribution in [0.4, 0.5) is 0 Å². The minimum atomic E-state index is -1.33. The van der Waals surface area contributed by atoms with Crippen molar-refractivity contribution < 1.29 is 19.8 Å². The van der Waals surface area contributed by atoms with Crippen LogP contribution < -0.4 is 0 Å². The number of hydrogen-bond acceptors (Lipinski definition) is 3. The lowest BCUT2D eigenvalue weighted by atomic mass is 9.94. The van der Waals surface area contributed by atoms with E-state index in [1.807, 2.05) is 0 Å². The van der Waals surface area contributed by atoms with Crippen molar-refractivity contribution in [2.45, 2.75) is 13.0 Å². The zero-order chi connectivity index (χ0) is 9.30. The fraction of sp³-hybridized carbons (Fsp3) is 0.714. The van der Waals surface area contributed by atoms with Crippen molar-refractivity contribution in [2.75, 3.05) is 13.1 Å². The van der Waals surface area contributed by atoms with Crippen molar-refractivity contribution in [3.63, 3.8) is 0 Å². The molecule has 1 aliphatic rings. The molecule has 0 radical (unpaired) electrons. The second-order valence-electron chi connectivity index (χ2n) is 2.97. The molecule has 1 unspecified atom stereocenters. The van der Waals surface area contributed by atoms with Gasteiger partial charge in [-0.15, -0.1) is 0 Å². The van der Waals surface area contributed by atoms with Gasteiger partial charge in [0.05, 0.1) is 0 Å². The van der Waals surface area contributed by atoms with Gasteiger partial charge in [0.15, 0.2) is 6.10 Å². The molecule has 0 aliphatic carbocycles. The van der Waals surface area contributed by atoms with E-state index in [1.54, 1.807) is 0 Å². The van der Waals surface area contributed by atoms with E-state index in [-0.39, 0.29) is 11.8 Å². The molecule has 0 aromatic heterocycles. The van der Waals surface area contributed by atoms with Gasteiger partial charge in [0, 0.05) is 25.9 Å². The lowest BCUT2D eigenvalue weighted by molar-refractivity contribution is -0.157. The third kappa shape index (κ3) is 1.55. The zero-order valence-electron chi connectivity index (χ0n) is 6.73. The number of carboxylic acids is 1.